The van der Waals surface area contributed by atoms with E-state index in [2.05, 4.69) is 0 Å². The van der Waals surface area contributed by atoms with Crippen LogP contribution in [-0.2, 0) is 14.2 Å². The van der Waals surface area contributed by atoms with Crippen LogP contribution < -0.4 is 0 Å². The van der Waals surface area contributed by atoms with Crippen LogP contribution in [0.5, 0.6) is 0 Å². The highest BCUT2D eigenvalue weighted by molar-refractivity contribution is 4.74. The Hall–Kier alpha value is -0.160. The number of aliphatic hydroxyl groups excluding tert-OH is 1. The van der Waals surface area contributed by atoms with Crippen molar-refractivity contribution in [3.63, 3.8) is 0 Å². The zero-order valence-electron chi connectivity index (χ0n) is 7.65. The summed E-state index contributed by atoms with van der Waals surface area (Å²) < 4.78 is 15.7. The summed E-state index contributed by atoms with van der Waals surface area (Å²) in [5.74, 6) is 0.271. The minimum atomic E-state index is -0.342. The van der Waals surface area contributed by atoms with Crippen LogP contribution in [0, 0.1) is 5.92 Å². The fourth-order valence-electron chi connectivity index (χ4n) is 1.79. The van der Waals surface area contributed by atoms with Crippen LogP contribution in [0.3, 0.4) is 0 Å². The molecule has 0 spiro atoms. The zero-order chi connectivity index (χ0) is 9.10. The van der Waals surface area contributed by atoms with Gasteiger partial charge in [0.25, 0.3) is 0 Å². The molecule has 2 fully saturated rings. The van der Waals surface area contributed by atoms with Gasteiger partial charge in [0.1, 0.15) is 0 Å². The van der Waals surface area contributed by atoms with Crippen LogP contribution in [0.2, 0.25) is 0 Å². The van der Waals surface area contributed by atoms with E-state index in [0.717, 1.165) is 13.0 Å². The van der Waals surface area contributed by atoms with Crippen molar-refractivity contribution in [2.45, 2.75) is 25.2 Å². The van der Waals surface area contributed by atoms with E-state index in [9.17, 15) is 5.11 Å². The lowest BCUT2D eigenvalue weighted by molar-refractivity contribution is -0.0793. The molecule has 2 atom stereocenters. The van der Waals surface area contributed by atoms with Crippen molar-refractivity contribution in [3.8, 4) is 0 Å². The molecule has 4 heteroatoms. The highest BCUT2D eigenvalue weighted by Crippen LogP contribution is 2.22. The molecular weight excluding hydrogens is 172 g/mol. The monoisotopic (exact) mass is 188 g/mol. The Morgan fingerprint density at radius 1 is 1.23 bits per heavy atom. The second kappa shape index (κ2) is 4.37. The van der Waals surface area contributed by atoms with Gasteiger partial charge in [-0.15, -0.1) is 0 Å². The molecule has 2 aliphatic heterocycles. The Balaban J connectivity index is 1.73. The number of aliphatic hydroxyl groups is 1. The maximum Gasteiger partial charge on any atom is 0.160 e. The smallest absolute Gasteiger partial charge is 0.160 e. The fourth-order valence-corrected chi connectivity index (χ4v) is 1.79. The summed E-state index contributed by atoms with van der Waals surface area (Å²) in [6.07, 6.45) is 0.989. The topological polar surface area (TPSA) is 47.9 Å². The molecule has 0 radical (unpaired) electrons. The lowest BCUT2D eigenvalue weighted by atomic mass is 9.99. The lowest BCUT2D eigenvalue weighted by Gasteiger charge is -2.18. The van der Waals surface area contributed by atoms with E-state index >= 15 is 0 Å². The van der Waals surface area contributed by atoms with Crippen LogP contribution in [0.15, 0.2) is 0 Å². The molecule has 2 rings (SSSR count). The number of hydrogen-bond donors (Lipinski definition) is 1. The van der Waals surface area contributed by atoms with Crippen molar-refractivity contribution in [3.05, 3.63) is 0 Å². The van der Waals surface area contributed by atoms with Crippen LogP contribution in [0.25, 0.3) is 0 Å². The van der Waals surface area contributed by atoms with Crippen molar-refractivity contribution in [2.75, 3.05) is 26.4 Å². The van der Waals surface area contributed by atoms with Gasteiger partial charge in [0.15, 0.2) is 6.29 Å². The molecule has 0 aliphatic carbocycles. The molecule has 0 aromatic heterocycles. The first-order valence-electron chi connectivity index (χ1n) is 4.85. The summed E-state index contributed by atoms with van der Waals surface area (Å²) in [6, 6.07) is 0. The molecule has 0 saturated carbocycles. The van der Waals surface area contributed by atoms with E-state index < -0.39 is 0 Å². The van der Waals surface area contributed by atoms with Crippen LogP contribution in [-0.4, -0.2) is 43.9 Å². The molecular formula is C9H16O4. The second-order valence-electron chi connectivity index (χ2n) is 3.60. The van der Waals surface area contributed by atoms with Gasteiger partial charge < -0.3 is 19.3 Å². The molecule has 2 heterocycles. The average Bonchev–Trinajstić information content (AvgIpc) is 2.74. The largest absolute Gasteiger partial charge is 0.393 e. The Morgan fingerprint density at radius 2 is 2.00 bits per heavy atom. The molecule has 2 aliphatic rings. The van der Waals surface area contributed by atoms with Crippen molar-refractivity contribution in [1.29, 1.82) is 0 Å². The normalized spacial score (nSPS) is 32.5. The average molecular weight is 188 g/mol. The van der Waals surface area contributed by atoms with Crippen LogP contribution in [0.1, 0.15) is 12.8 Å². The van der Waals surface area contributed by atoms with E-state index in [1.807, 2.05) is 0 Å². The predicted molar refractivity (Wildman–Crippen MR) is 45.2 cm³/mol. The molecule has 4 nitrogen and oxygen atoms in total. The first-order valence-corrected chi connectivity index (χ1v) is 4.85. The first-order chi connectivity index (χ1) is 6.36. The molecule has 0 amide bonds. The molecule has 13 heavy (non-hydrogen) atoms. The third-order valence-corrected chi connectivity index (χ3v) is 2.63. The summed E-state index contributed by atoms with van der Waals surface area (Å²) in [4.78, 5) is 0. The van der Waals surface area contributed by atoms with Crippen molar-refractivity contribution in [2.24, 2.45) is 5.92 Å². The molecule has 0 bridgehead atoms. The van der Waals surface area contributed by atoms with Crippen molar-refractivity contribution in [1.82, 2.24) is 0 Å². The maximum absolute atomic E-state index is 9.77. The van der Waals surface area contributed by atoms with Gasteiger partial charge in [0, 0.05) is 18.9 Å². The van der Waals surface area contributed by atoms with Crippen molar-refractivity contribution < 1.29 is 19.3 Å². The van der Waals surface area contributed by atoms with Crippen molar-refractivity contribution >= 4 is 0 Å². The highest BCUT2D eigenvalue weighted by Gasteiger charge is 2.28. The van der Waals surface area contributed by atoms with Gasteiger partial charge in [-0.1, -0.05) is 0 Å². The SMILES string of the molecule is OC(CC1OCCO1)C1CCOC1. The van der Waals surface area contributed by atoms with Gasteiger partial charge in [-0.05, 0) is 6.42 Å². The third-order valence-electron chi connectivity index (χ3n) is 2.63. The minimum Gasteiger partial charge on any atom is -0.393 e. The Kier molecular flexibility index (Phi) is 3.16. The molecule has 1 N–H and O–H groups in total. The van der Waals surface area contributed by atoms with Gasteiger partial charge in [0.2, 0.25) is 0 Å². The second-order valence-corrected chi connectivity index (χ2v) is 3.60. The summed E-state index contributed by atoms with van der Waals surface area (Å²) in [5.41, 5.74) is 0. The van der Waals surface area contributed by atoms with E-state index in [4.69, 9.17) is 14.2 Å². The Bertz CT molecular complexity index is 150. The van der Waals surface area contributed by atoms with E-state index in [1.54, 1.807) is 0 Å². The standard InChI is InChI=1S/C9H16O4/c10-8(7-1-2-11-6-7)5-9-12-3-4-13-9/h7-10H,1-6H2. The summed E-state index contributed by atoms with van der Waals surface area (Å²) in [6.45, 7) is 2.75. The molecule has 0 aromatic carbocycles. The predicted octanol–water partition coefficient (Wildman–Crippen LogP) is 0.147. The lowest BCUT2D eigenvalue weighted by Crippen LogP contribution is -2.26. The molecule has 2 saturated heterocycles. The van der Waals surface area contributed by atoms with Crippen LogP contribution in [0.4, 0.5) is 0 Å². The van der Waals surface area contributed by atoms with Gasteiger partial charge in [-0.25, -0.2) is 0 Å². The van der Waals surface area contributed by atoms with Gasteiger partial charge in [0.05, 0.1) is 25.9 Å². The Labute approximate surface area is 77.8 Å². The first kappa shape index (κ1) is 9.40. The van der Waals surface area contributed by atoms with Gasteiger partial charge in [-0.2, -0.15) is 0 Å². The van der Waals surface area contributed by atoms with E-state index in [-0.39, 0.29) is 18.3 Å². The third kappa shape index (κ3) is 2.40. The van der Waals surface area contributed by atoms with E-state index in [1.165, 1.54) is 0 Å². The van der Waals surface area contributed by atoms with Gasteiger partial charge in [-0.3, -0.25) is 0 Å². The maximum atomic E-state index is 9.77. The summed E-state index contributed by atoms with van der Waals surface area (Å²) >= 11 is 0. The molecule has 2 unspecified atom stereocenters. The zero-order valence-corrected chi connectivity index (χ0v) is 7.65. The Morgan fingerprint density at radius 3 is 2.62 bits per heavy atom. The van der Waals surface area contributed by atoms with E-state index in [0.29, 0.717) is 26.2 Å². The quantitative estimate of drug-likeness (QED) is 0.684. The number of hydrogen-bond acceptors (Lipinski definition) is 4. The number of rotatable bonds is 3. The fraction of sp³-hybridized carbons (Fsp3) is 1.00. The van der Waals surface area contributed by atoms with Gasteiger partial charge >= 0.3 is 0 Å². The number of ether oxygens (including phenoxy) is 3. The minimum absolute atomic E-state index is 0.199. The highest BCUT2D eigenvalue weighted by atomic mass is 16.7. The molecule has 0 aromatic rings. The van der Waals surface area contributed by atoms with Crippen LogP contribution >= 0.6 is 0 Å². The summed E-state index contributed by atoms with van der Waals surface area (Å²) in [7, 11) is 0. The molecule has 76 valence electrons. The summed E-state index contributed by atoms with van der Waals surface area (Å²) in [5, 5.41) is 9.77.